The summed E-state index contributed by atoms with van der Waals surface area (Å²) < 4.78 is 7.21. The van der Waals surface area contributed by atoms with E-state index in [1.165, 1.54) is 19.3 Å². The second-order valence-corrected chi connectivity index (χ2v) is 9.38. The SMILES string of the molecule is COc1ccccc1-c1cc(C(=O)NCCCN2CCCC[C@H]2C)n2nc(-c3ccccc3)cc2n1. The molecule has 4 aromatic rings. The Labute approximate surface area is 212 Å². The van der Waals surface area contributed by atoms with E-state index in [0.717, 1.165) is 36.3 Å². The number of aromatic nitrogens is 3. The molecular formula is C29H33N5O2. The number of rotatable bonds is 8. The van der Waals surface area contributed by atoms with Crippen LogP contribution in [-0.2, 0) is 0 Å². The second kappa shape index (κ2) is 10.9. The van der Waals surface area contributed by atoms with Gasteiger partial charge >= 0.3 is 0 Å². The van der Waals surface area contributed by atoms with Crippen LogP contribution in [0.2, 0.25) is 0 Å². The predicted molar refractivity (Wildman–Crippen MR) is 142 cm³/mol. The molecule has 1 amide bonds. The lowest BCUT2D eigenvalue weighted by Crippen LogP contribution is -2.39. The highest BCUT2D eigenvalue weighted by Gasteiger charge is 2.20. The highest BCUT2D eigenvalue weighted by molar-refractivity contribution is 5.94. The van der Waals surface area contributed by atoms with Crippen molar-refractivity contribution in [1.82, 2.24) is 24.8 Å². The van der Waals surface area contributed by atoms with Crippen LogP contribution in [0.3, 0.4) is 0 Å². The van der Waals surface area contributed by atoms with E-state index in [9.17, 15) is 4.79 Å². The van der Waals surface area contributed by atoms with Crippen molar-refractivity contribution in [3.8, 4) is 28.3 Å². The van der Waals surface area contributed by atoms with Gasteiger partial charge in [0.15, 0.2) is 5.65 Å². The third kappa shape index (κ3) is 5.11. The Bertz CT molecular complexity index is 1330. The lowest BCUT2D eigenvalue weighted by molar-refractivity contribution is 0.0941. The summed E-state index contributed by atoms with van der Waals surface area (Å²) in [4.78, 5) is 20.8. The number of ether oxygens (including phenoxy) is 1. The van der Waals surface area contributed by atoms with Crippen molar-refractivity contribution in [1.29, 1.82) is 0 Å². The molecule has 0 bridgehead atoms. The van der Waals surface area contributed by atoms with E-state index in [4.69, 9.17) is 14.8 Å². The molecule has 0 aliphatic carbocycles. The minimum atomic E-state index is -0.159. The molecule has 0 spiro atoms. The molecule has 0 unspecified atom stereocenters. The van der Waals surface area contributed by atoms with Crippen LogP contribution >= 0.6 is 0 Å². The van der Waals surface area contributed by atoms with Gasteiger partial charge in [-0.3, -0.25) is 4.79 Å². The number of methoxy groups -OCH3 is 1. The quantitative estimate of drug-likeness (QED) is 0.355. The average Bonchev–Trinajstić information content (AvgIpc) is 3.36. The minimum Gasteiger partial charge on any atom is -0.496 e. The Balaban J connectivity index is 1.43. The summed E-state index contributed by atoms with van der Waals surface area (Å²) in [5.41, 5.74) is 4.32. The maximum atomic E-state index is 13.4. The average molecular weight is 484 g/mol. The van der Waals surface area contributed by atoms with Crippen LogP contribution in [0.25, 0.3) is 28.2 Å². The zero-order valence-electron chi connectivity index (χ0n) is 21.0. The molecule has 36 heavy (non-hydrogen) atoms. The molecule has 186 valence electrons. The van der Waals surface area contributed by atoms with Gasteiger partial charge in [0.2, 0.25) is 0 Å². The highest BCUT2D eigenvalue weighted by atomic mass is 16.5. The van der Waals surface area contributed by atoms with Crippen LogP contribution < -0.4 is 10.1 Å². The van der Waals surface area contributed by atoms with E-state index in [0.29, 0.717) is 35.4 Å². The molecule has 1 N–H and O–H groups in total. The van der Waals surface area contributed by atoms with E-state index in [-0.39, 0.29) is 5.91 Å². The summed E-state index contributed by atoms with van der Waals surface area (Å²) in [5.74, 6) is 0.548. The van der Waals surface area contributed by atoms with Crippen molar-refractivity contribution in [2.45, 2.75) is 38.6 Å². The lowest BCUT2D eigenvalue weighted by Gasteiger charge is -2.33. The lowest BCUT2D eigenvalue weighted by atomic mass is 10.0. The summed E-state index contributed by atoms with van der Waals surface area (Å²) in [5, 5.41) is 7.86. The van der Waals surface area contributed by atoms with Crippen LogP contribution in [0.4, 0.5) is 0 Å². The standard InChI is InChI=1S/C29H33N5O2/c1-21-11-8-9-17-33(21)18-10-16-30-29(35)26-19-25(23-14-6-7-15-27(23)36-2)31-28-20-24(32-34(26)28)22-12-4-3-5-13-22/h3-7,12-15,19-21H,8-11,16-18H2,1-2H3,(H,30,35)/t21-/m1/s1. The van der Waals surface area contributed by atoms with Gasteiger partial charge in [0, 0.05) is 36.3 Å². The number of para-hydroxylation sites is 1. The molecule has 1 atom stereocenters. The van der Waals surface area contributed by atoms with Gasteiger partial charge in [-0.25, -0.2) is 9.50 Å². The number of fused-ring (bicyclic) bond motifs is 1. The van der Waals surface area contributed by atoms with Gasteiger partial charge in [-0.15, -0.1) is 0 Å². The van der Waals surface area contributed by atoms with E-state index < -0.39 is 0 Å². The van der Waals surface area contributed by atoms with E-state index in [2.05, 4.69) is 17.1 Å². The van der Waals surface area contributed by atoms with Crippen LogP contribution in [0.1, 0.15) is 43.1 Å². The molecule has 7 nitrogen and oxygen atoms in total. The van der Waals surface area contributed by atoms with Crippen LogP contribution in [0.15, 0.2) is 66.7 Å². The number of amides is 1. The van der Waals surface area contributed by atoms with Crippen molar-refractivity contribution < 1.29 is 9.53 Å². The van der Waals surface area contributed by atoms with E-state index in [1.54, 1.807) is 17.7 Å². The summed E-state index contributed by atoms with van der Waals surface area (Å²) in [7, 11) is 1.64. The summed E-state index contributed by atoms with van der Waals surface area (Å²) in [6.45, 7) is 5.06. The van der Waals surface area contributed by atoms with Crippen molar-refractivity contribution in [2.24, 2.45) is 0 Å². The van der Waals surface area contributed by atoms with Gasteiger partial charge in [-0.05, 0) is 50.9 Å². The number of hydrogen-bond donors (Lipinski definition) is 1. The van der Waals surface area contributed by atoms with Crippen molar-refractivity contribution >= 4 is 11.6 Å². The maximum Gasteiger partial charge on any atom is 0.270 e. The molecule has 0 radical (unpaired) electrons. The fraction of sp³-hybridized carbons (Fsp3) is 0.345. The minimum absolute atomic E-state index is 0.159. The molecular weight excluding hydrogens is 450 g/mol. The predicted octanol–water partition coefficient (Wildman–Crippen LogP) is 5.07. The number of carbonyl (C=O) groups excluding carboxylic acids is 1. The first kappa shape index (κ1) is 24.0. The van der Waals surface area contributed by atoms with Crippen molar-refractivity contribution in [3.05, 3.63) is 72.4 Å². The second-order valence-electron chi connectivity index (χ2n) is 9.38. The van der Waals surface area contributed by atoms with Crippen LogP contribution in [-0.4, -0.2) is 58.2 Å². The van der Waals surface area contributed by atoms with E-state index in [1.807, 2.05) is 60.7 Å². The van der Waals surface area contributed by atoms with Crippen molar-refractivity contribution in [2.75, 3.05) is 26.7 Å². The first-order valence-corrected chi connectivity index (χ1v) is 12.8. The summed E-state index contributed by atoms with van der Waals surface area (Å²) in [6.07, 6.45) is 4.75. The number of likely N-dealkylation sites (tertiary alicyclic amines) is 1. The van der Waals surface area contributed by atoms with Crippen LogP contribution in [0, 0.1) is 0 Å². The number of nitrogens with zero attached hydrogens (tertiary/aromatic N) is 4. The molecule has 7 heteroatoms. The zero-order valence-corrected chi connectivity index (χ0v) is 21.0. The Morgan fingerprint density at radius 2 is 1.86 bits per heavy atom. The van der Waals surface area contributed by atoms with Gasteiger partial charge in [0.05, 0.1) is 18.5 Å². The molecule has 2 aromatic carbocycles. The van der Waals surface area contributed by atoms with Gasteiger partial charge in [-0.2, -0.15) is 5.10 Å². The van der Waals surface area contributed by atoms with Crippen molar-refractivity contribution in [3.63, 3.8) is 0 Å². The maximum absolute atomic E-state index is 13.4. The molecule has 1 fully saturated rings. The molecule has 1 saturated heterocycles. The van der Waals surface area contributed by atoms with Gasteiger partial charge in [0.25, 0.3) is 5.91 Å². The number of carbonyl (C=O) groups is 1. The van der Waals surface area contributed by atoms with Gasteiger partial charge in [0.1, 0.15) is 11.4 Å². The molecule has 2 aromatic heterocycles. The Morgan fingerprint density at radius 3 is 2.67 bits per heavy atom. The van der Waals surface area contributed by atoms with Crippen LogP contribution in [0.5, 0.6) is 5.75 Å². The number of piperidine rings is 1. The Kier molecular flexibility index (Phi) is 7.28. The number of nitrogens with one attached hydrogen (secondary N) is 1. The summed E-state index contributed by atoms with van der Waals surface area (Å²) >= 11 is 0. The zero-order chi connectivity index (χ0) is 24.9. The largest absolute Gasteiger partial charge is 0.496 e. The monoisotopic (exact) mass is 483 g/mol. The summed E-state index contributed by atoms with van der Waals surface area (Å²) in [6, 6.07) is 22.0. The molecule has 3 heterocycles. The molecule has 1 aliphatic rings. The normalized spacial score (nSPS) is 16.2. The molecule has 0 saturated carbocycles. The topological polar surface area (TPSA) is 71.8 Å². The molecule has 1 aliphatic heterocycles. The Morgan fingerprint density at radius 1 is 1.06 bits per heavy atom. The molecule has 5 rings (SSSR count). The van der Waals surface area contributed by atoms with Gasteiger partial charge < -0.3 is 15.0 Å². The first-order valence-electron chi connectivity index (χ1n) is 12.8. The highest BCUT2D eigenvalue weighted by Crippen LogP contribution is 2.30. The third-order valence-electron chi connectivity index (χ3n) is 6.96. The first-order chi connectivity index (χ1) is 17.6. The Hall–Kier alpha value is -3.71. The third-order valence-corrected chi connectivity index (χ3v) is 6.96. The fourth-order valence-corrected chi connectivity index (χ4v) is 4.94. The fourth-order valence-electron chi connectivity index (χ4n) is 4.94. The number of benzene rings is 2. The van der Waals surface area contributed by atoms with Gasteiger partial charge in [-0.1, -0.05) is 48.9 Å². The van der Waals surface area contributed by atoms with E-state index >= 15 is 0 Å². The smallest absolute Gasteiger partial charge is 0.270 e. The number of hydrogen-bond acceptors (Lipinski definition) is 5.